The fraction of sp³-hybridized carbons (Fsp3) is 0.200. The number of β-amino-alcohol motifs (C(OH)–C–C–N with tert-alkyl or cyclic N) is 1. The molecule has 3 aromatic rings. The summed E-state index contributed by atoms with van der Waals surface area (Å²) in [4.78, 5) is 26.1. The summed E-state index contributed by atoms with van der Waals surface area (Å²) in [7, 11) is 0. The molecule has 1 aliphatic heterocycles. The number of benzene rings is 3. The minimum atomic E-state index is -0.998. The molecule has 4 rings (SSSR count). The van der Waals surface area contributed by atoms with Gasteiger partial charge in [-0.15, -0.1) is 0 Å². The van der Waals surface area contributed by atoms with Crippen LogP contribution in [0, 0.1) is 6.92 Å². The minimum Gasteiger partial charge on any atom is -0.389 e. The van der Waals surface area contributed by atoms with E-state index in [0.717, 1.165) is 21.6 Å². The van der Waals surface area contributed by atoms with Crippen LogP contribution in [0.3, 0.4) is 0 Å². The number of nitrogens with zero attached hydrogens (tertiary/aromatic N) is 1. The van der Waals surface area contributed by atoms with E-state index in [-0.39, 0.29) is 31.1 Å². The van der Waals surface area contributed by atoms with Crippen LogP contribution in [0.1, 0.15) is 43.5 Å². The molecule has 3 aromatic carbocycles. The van der Waals surface area contributed by atoms with Crippen molar-refractivity contribution in [2.75, 3.05) is 13.2 Å². The van der Waals surface area contributed by atoms with Crippen LogP contribution < -0.4 is 0 Å². The smallest absolute Gasteiger partial charge is 0.261 e. The molecule has 0 aromatic heterocycles. The van der Waals surface area contributed by atoms with Crippen molar-refractivity contribution >= 4 is 11.8 Å². The lowest BCUT2D eigenvalue weighted by atomic mass is 9.97. The third kappa shape index (κ3) is 3.90. The number of carbonyl (C=O) groups is 2. The number of rotatable bonds is 7. The SMILES string of the molecule is Cc1ccccc1[C@@H](OC[C@H](O)CN1C(=O)c2ccccc2C1=O)c1ccccc1. The Kier molecular flexibility index (Phi) is 5.74. The fourth-order valence-electron chi connectivity index (χ4n) is 3.75. The average molecular weight is 401 g/mol. The molecule has 152 valence electrons. The number of amides is 2. The molecule has 0 spiro atoms. The highest BCUT2D eigenvalue weighted by molar-refractivity contribution is 6.21. The molecule has 1 aliphatic rings. The second-order valence-electron chi connectivity index (χ2n) is 7.40. The Morgan fingerprint density at radius 1 is 0.833 bits per heavy atom. The third-order valence-corrected chi connectivity index (χ3v) is 5.30. The van der Waals surface area contributed by atoms with Crippen LogP contribution in [0.5, 0.6) is 0 Å². The Morgan fingerprint density at radius 3 is 2.03 bits per heavy atom. The van der Waals surface area contributed by atoms with E-state index in [9.17, 15) is 14.7 Å². The average Bonchev–Trinajstić information content (AvgIpc) is 3.01. The number of ether oxygens (including phenoxy) is 1. The maximum absolute atomic E-state index is 12.5. The monoisotopic (exact) mass is 401 g/mol. The molecule has 1 N–H and O–H groups in total. The van der Waals surface area contributed by atoms with Crippen LogP contribution in [-0.2, 0) is 4.74 Å². The molecule has 0 saturated carbocycles. The lowest BCUT2D eigenvalue weighted by molar-refractivity contribution is -0.00488. The van der Waals surface area contributed by atoms with E-state index in [0.29, 0.717) is 11.1 Å². The zero-order chi connectivity index (χ0) is 21.1. The largest absolute Gasteiger partial charge is 0.389 e. The quantitative estimate of drug-likeness (QED) is 0.612. The Hall–Kier alpha value is -3.28. The molecular formula is C25H23NO4. The van der Waals surface area contributed by atoms with Gasteiger partial charge in [-0.3, -0.25) is 14.5 Å². The molecule has 0 aliphatic carbocycles. The van der Waals surface area contributed by atoms with E-state index in [4.69, 9.17) is 4.74 Å². The Morgan fingerprint density at radius 2 is 1.40 bits per heavy atom. The molecule has 30 heavy (non-hydrogen) atoms. The van der Waals surface area contributed by atoms with Crippen molar-refractivity contribution in [3.63, 3.8) is 0 Å². The molecular weight excluding hydrogens is 378 g/mol. The zero-order valence-electron chi connectivity index (χ0n) is 16.7. The first-order valence-corrected chi connectivity index (χ1v) is 9.91. The van der Waals surface area contributed by atoms with Crippen molar-refractivity contribution in [2.24, 2.45) is 0 Å². The normalized spacial score (nSPS) is 15.2. The Balaban J connectivity index is 1.47. The summed E-state index contributed by atoms with van der Waals surface area (Å²) >= 11 is 0. The summed E-state index contributed by atoms with van der Waals surface area (Å²) in [6, 6.07) is 24.4. The van der Waals surface area contributed by atoms with Gasteiger partial charge >= 0.3 is 0 Å². The standard InChI is InChI=1S/C25H23NO4/c1-17-9-5-6-12-20(17)23(18-10-3-2-4-11-18)30-16-19(27)15-26-24(28)21-13-7-8-14-22(21)25(26)29/h2-14,19,23,27H,15-16H2,1H3/t19-,23+/m1/s1. The van der Waals surface area contributed by atoms with E-state index < -0.39 is 6.10 Å². The summed E-state index contributed by atoms with van der Waals surface area (Å²) in [5.41, 5.74) is 3.81. The van der Waals surface area contributed by atoms with Gasteiger partial charge in [0.25, 0.3) is 11.8 Å². The number of aryl methyl sites for hydroxylation is 1. The molecule has 0 radical (unpaired) electrons. The van der Waals surface area contributed by atoms with E-state index >= 15 is 0 Å². The van der Waals surface area contributed by atoms with E-state index in [1.807, 2.05) is 61.5 Å². The molecule has 0 saturated heterocycles. The molecule has 2 amide bonds. The number of carbonyl (C=O) groups excluding carboxylic acids is 2. The summed E-state index contributed by atoms with van der Waals surface area (Å²) in [5, 5.41) is 10.6. The second kappa shape index (κ2) is 8.61. The van der Waals surface area contributed by atoms with Gasteiger partial charge in [-0.2, -0.15) is 0 Å². The lowest BCUT2D eigenvalue weighted by Crippen LogP contribution is -2.39. The number of fused-ring (bicyclic) bond motifs is 1. The molecule has 5 nitrogen and oxygen atoms in total. The first-order chi connectivity index (χ1) is 14.6. The molecule has 5 heteroatoms. The minimum absolute atomic E-state index is 0.0126. The molecule has 1 heterocycles. The number of hydrogen-bond acceptors (Lipinski definition) is 4. The molecule has 0 bridgehead atoms. The van der Waals surface area contributed by atoms with Gasteiger partial charge in [-0.25, -0.2) is 0 Å². The van der Waals surface area contributed by atoms with Crippen LogP contribution in [0.25, 0.3) is 0 Å². The topological polar surface area (TPSA) is 66.8 Å². The molecule has 0 fully saturated rings. The lowest BCUT2D eigenvalue weighted by Gasteiger charge is -2.24. The number of aliphatic hydroxyl groups excluding tert-OH is 1. The van der Waals surface area contributed by atoms with Crippen LogP contribution in [0.4, 0.5) is 0 Å². The van der Waals surface area contributed by atoms with Crippen molar-refractivity contribution in [3.8, 4) is 0 Å². The highest BCUT2D eigenvalue weighted by atomic mass is 16.5. The van der Waals surface area contributed by atoms with Gasteiger partial charge in [0.15, 0.2) is 0 Å². The maximum atomic E-state index is 12.5. The van der Waals surface area contributed by atoms with Gasteiger partial charge in [0.1, 0.15) is 6.10 Å². The van der Waals surface area contributed by atoms with E-state index in [2.05, 4.69) is 0 Å². The van der Waals surface area contributed by atoms with Gasteiger partial charge in [0.05, 0.1) is 30.4 Å². The Labute approximate surface area is 175 Å². The van der Waals surface area contributed by atoms with Crippen molar-refractivity contribution < 1.29 is 19.4 Å². The van der Waals surface area contributed by atoms with Gasteiger partial charge in [-0.1, -0.05) is 66.7 Å². The highest BCUT2D eigenvalue weighted by Crippen LogP contribution is 2.29. The third-order valence-electron chi connectivity index (χ3n) is 5.30. The first kappa shape index (κ1) is 20.0. The van der Waals surface area contributed by atoms with Crippen molar-refractivity contribution in [1.82, 2.24) is 4.90 Å². The highest BCUT2D eigenvalue weighted by Gasteiger charge is 2.36. The van der Waals surface area contributed by atoms with Crippen molar-refractivity contribution in [3.05, 3.63) is 107 Å². The van der Waals surface area contributed by atoms with E-state index in [1.165, 1.54) is 0 Å². The van der Waals surface area contributed by atoms with Gasteiger partial charge < -0.3 is 9.84 Å². The summed E-state index contributed by atoms with van der Waals surface area (Å²) in [6.07, 6.45) is -1.35. The van der Waals surface area contributed by atoms with Gasteiger partial charge in [0.2, 0.25) is 0 Å². The van der Waals surface area contributed by atoms with Crippen LogP contribution >= 0.6 is 0 Å². The van der Waals surface area contributed by atoms with Gasteiger partial charge in [-0.05, 0) is 35.7 Å². The molecule has 2 atom stereocenters. The summed E-state index contributed by atoms with van der Waals surface area (Å²) in [5.74, 6) is -0.763. The predicted octanol–water partition coefficient (Wildman–Crippen LogP) is 3.76. The number of aliphatic hydroxyl groups is 1. The van der Waals surface area contributed by atoms with Crippen molar-refractivity contribution in [1.29, 1.82) is 0 Å². The molecule has 0 unspecified atom stereocenters. The number of imide groups is 1. The van der Waals surface area contributed by atoms with Crippen LogP contribution in [0.2, 0.25) is 0 Å². The van der Waals surface area contributed by atoms with Crippen LogP contribution in [-0.4, -0.2) is 41.1 Å². The Bertz CT molecular complexity index is 1030. The summed E-state index contributed by atoms with van der Waals surface area (Å²) in [6.45, 7) is 1.90. The predicted molar refractivity (Wildman–Crippen MR) is 113 cm³/mol. The second-order valence-corrected chi connectivity index (χ2v) is 7.40. The van der Waals surface area contributed by atoms with Crippen molar-refractivity contribution in [2.45, 2.75) is 19.1 Å². The fourth-order valence-corrected chi connectivity index (χ4v) is 3.75. The first-order valence-electron chi connectivity index (χ1n) is 9.91. The van der Waals surface area contributed by atoms with Gasteiger partial charge in [0, 0.05) is 0 Å². The summed E-state index contributed by atoms with van der Waals surface area (Å²) < 4.78 is 6.12. The zero-order valence-corrected chi connectivity index (χ0v) is 16.7. The van der Waals surface area contributed by atoms with Crippen LogP contribution in [0.15, 0.2) is 78.9 Å². The number of hydrogen-bond donors (Lipinski definition) is 1. The maximum Gasteiger partial charge on any atom is 0.261 e. The van der Waals surface area contributed by atoms with E-state index in [1.54, 1.807) is 24.3 Å².